The molecule has 20 heavy (non-hydrogen) atoms. The van der Waals surface area contributed by atoms with Crippen LogP contribution in [0, 0.1) is 5.82 Å². The fourth-order valence-electron chi connectivity index (χ4n) is 1.75. The molecule has 0 bridgehead atoms. The molecule has 2 N–H and O–H groups in total. The van der Waals surface area contributed by atoms with Crippen molar-refractivity contribution in [2.45, 2.75) is 44.4 Å². The van der Waals surface area contributed by atoms with Gasteiger partial charge in [0, 0.05) is 18.0 Å². The molecule has 1 aromatic carbocycles. The summed E-state index contributed by atoms with van der Waals surface area (Å²) >= 11 is 4.65. The first kappa shape index (κ1) is 17.7. The van der Waals surface area contributed by atoms with Crippen molar-refractivity contribution in [3.05, 3.63) is 34.6 Å². The van der Waals surface area contributed by atoms with E-state index in [0.717, 1.165) is 0 Å². The van der Waals surface area contributed by atoms with E-state index < -0.39 is 27.5 Å². The number of hydrogen-bond donors (Lipinski definition) is 2. The number of aliphatic hydroxyl groups is 1. The summed E-state index contributed by atoms with van der Waals surface area (Å²) in [4.78, 5) is 0. The highest BCUT2D eigenvalue weighted by Gasteiger charge is 2.38. The zero-order valence-electron chi connectivity index (χ0n) is 12.2. The second-order valence-electron chi connectivity index (χ2n) is 5.89. The Morgan fingerprint density at radius 1 is 1.35 bits per heavy atom. The largest absolute Gasteiger partial charge is 0.598 e. The number of rotatable bonds is 5. The van der Waals surface area contributed by atoms with Crippen molar-refractivity contribution in [2.24, 2.45) is 0 Å². The second-order valence-corrected chi connectivity index (χ2v) is 8.23. The molecule has 0 spiro atoms. The second kappa shape index (κ2) is 6.62. The first-order valence-electron chi connectivity index (χ1n) is 6.37. The molecule has 0 aromatic heterocycles. The fourth-order valence-corrected chi connectivity index (χ4v) is 3.01. The highest BCUT2D eigenvalue weighted by Crippen LogP contribution is 2.34. The Hall–Kier alpha value is -0.330. The monoisotopic (exact) mass is 321 g/mol. The van der Waals surface area contributed by atoms with Crippen molar-refractivity contribution < 1.29 is 14.0 Å². The van der Waals surface area contributed by atoms with Gasteiger partial charge in [-0.25, -0.2) is 4.39 Å². The quantitative estimate of drug-likeness (QED) is 0.819. The third-order valence-electron chi connectivity index (χ3n) is 3.03. The van der Waals surface area contributed by atoms with Gasteiger partial charge in [-0.1, -0.05) is 23.7 Å². The normalized spacial score (nSPS) is 16.8. The summed E-state index contributed by atoms with van der Waals surface area (Å²) in [6, 6.07) is 4.49. The average Bonchev–Trinajstić information content (AvgIpc) is 2.31. The standard InChI is InChI=1S/C14H21ClFNO2S/c1-13(2,3)20(19)17-14(4,8-9-18)10-6-5-7-11(16)12(10)15/h5-7,17-18H,8-9H2,1-4H3/t14-,20+/m0/s1. The van der Waals surface area contributed by atoms with Gasteiger partial charge in [0.1, 0.15) is 10.6 Å². The van der Waals surface area contributed by atoms with Crippen LogP contribution in [0.25, 0.3) is 0 Å². The summed E-state index contributed by atoms with van der Waals surface area (Å²) in [5.74, 6) is -0.531. The van der Waals surface area contributed by atoms with Gasteiger partial charge in [-0.15, -0.1) is 4.72 Å². The van der Waals surface area contributed by atoms with E-state index in [1.807, 2.05) is 20.8 Å². The van der Waals surface area contributed by atoms with Gasteiger partial charge in [-0.3, -0.25) is 0 Å². The minimum Gasteiger partial charge on any atom is -0.598 e. The molecule has 0 aliphatic rings. The van der Waals surface area contributed by atoms with Crippen LogP contribution in [0.4, 0.5) is 4.39 Å². The number of benzene rings is 1. The minimum atomic E-state index is -1.37. The van der Waals surface area contributed by atoms with Gasteiger partial charge in [-0.2, -0.15) is 0 Å². The van der Waals surface area contributed by atoms with Crippen LogP contribution in [-0.2, 0) is 16.9 Å². The maximum absolute atomic E-state index is 13.6. The predicted octanol–water partition coefficient (Wildman–Crippen LogP) is 3.13. The van der Waals surface area contributed by atoms with Crippen molar-refractivity contribution in [3.63, 3.8) is 0 Å². The molecular formula is C14H21ClFNO2S. The molecule has 0 saturated carbocycles. The Bertz CT molecular complexity index is 467. The maximum atomic E-state index is 13.6. The molecule has 0 fully saturated rings. The summed E-state index contributed by atoms with van der Waals surface area (Å²) in [7, 11) is 0. The molecule has 0 amide bonds. The van der Waals surface area contributed by atoms with Gasteiger partial charge in [-0.05, 0) is 45.7 Å². The van der Waals surface area contributed by atoms with Crippen LogP contribution in [0.15, 0.2) is 18.2 Å². The van der Waals surface area contributed by atoms with Gasteiger partial charge in [0.05, 0.1) is 10.6 Å². The highest BCUT2D eigenvalue weighted by molar-refractivity contribution is 7.90. The van der Waals surface area contributed by atoms with Crippen LogP contribution >= 0.6 is 11.6 Å². The smallest absolute Gasteiger partial charge is 0.142 e. The lowest BCUT2D eigenvalue weighted by Crippen LogP contribution is -2.50. The molecule has 0 heterocycles. The van der Waals surface area contributed by atoms with Crippen LogP contribution in [0.3, 0.4) is 0 Å². The van der Waals surface area contributed by atoms with E-state index in [9.17, 15) is 14.0 Å². The number of aliphatic hydroxyl groups excluding tert-OH is 1. The van der Waals surface area contributed by atoms with E-state index in [2.05, 4.69) is 4.72 Å². The Kier molecular flexibility index (Phi) is 5.87. The summed E-state index contributed by atoms with van der Waals surface area (Å²) in [5, 5.41) is 9.25. The highest BCUT2D eigenvalue weighted by atomic mass is 35.5. The Balaban J connectivity index is 3.18. The Labute approximate surface area is 127 Å². The van der Waals surface area contributed by atoms with Gasteiger partial charge in [0.15, 0.2) is 0 Å². The van der Waals surface area contributed by atoms with Crippen LogP contribution < -0.4 is 4.72 Å². The number of halogens is 2. The molecule has 0 aliphatic carbocycles. The van der Waals surface area contributed by atoms with Crippen molar-refractivity contribution in [2.75, 3.05) is 6.61 Å². The Morgan fingerprint density at radius 2 is 1.95 bits per heavy atom. The lowest BCUT2D eigenvalue weighted by Gasteiger charge is -2.35. The maximum Gasteiger partial charge on any atom is 0.142 e. The van der Waals surface area contributed by atoms with Crippen LogP contribution in [0.5, 0.6) is 0 Å². The van der Waals surface area contributed by atoms with Crippen molar-refractivity contribution in [1.29, 1.82) is 0 Å². The van der Waals surface area contributed by atoms with E-state index in [-0.39, 0.29) is 18.1 Å². The summed E-state index contributed by atoms with van der Waals surface area (Å²) in [6.07, 6.45) is 0.276. The third kappa shape index (κ3) is 4.09. The number of hydrogen-bond acceptors (Lipinski definition) is 3. The molecule has 6 heteroatoms. The van der Waals surface area contributed by atoms with Crippen molar-refractivity contribution >= 4 is 23.0 Å². The van der Waals surface area contributed by atoms with Crippen LogP contribution in [0.1, 0.15) is 39.7 Å². The zero-order chi connectivity index (χ0) is 15.6. The van der Waals surface area contributed by atoms with Crippen LogP contribution in [-0.4, -0.2) is 21.0 Å². The molecule has 2 atom stereocenters. The molecular weight excluding hydrogens is 301 g/mol. The van der Waals surface area contributed by atoms with E-state index in [0.29, 0.717) is 5.56 Å². The van der Waals surface area contributed by atoms with Gasteiger partial charge in [0.2, 0.25) is 0 Å². The third-order valence-corrected chi connectivity index (χ3v) is 5.16. The van der Waals surface area contributed by atoms with Crippen molar-refractivity contribution in [1.82, 2.24) is 4.72 Å². The lowest BCUT2D eigenvalue weighted by atomic mass is 9.90. The summed E-state index contributed by atoms with van der Waals surface area (Å²) in [5.41, 5.74) is -0.377. The topological polar surface area (TPSA) is 55.3 Å². The Morgan fingerprint density at radius 3 is 2.45 bits per heavy atom. The molecule has 1 rings (SSSR count). The minimum absolute atomic E-state index is 0.0122. The van der Waals surface area contributed by atoms with Gasteiger partial charge in [0.25, 0.3) is 0 Å². The van der Waals surface area contributed by atoms with Crippen molar-refractivity contribution in [3.8, 4) is 0 Å². The molecule has 0 radical (unpaired) electrons. The molecule has 3 nitrogen and oxygen atoms in total. The van der Waals surface area contributed by atoms with E-state index in [1.54, 1.807) is 19.1 Å². The van der Waals surface area contributed by atoms with Gasteiger partial charge < -0.3 is 9.66 Å². The molecule has 0 saturated heterocycles. The SMILES string of the molecule is CC(C)(C)[S@@+]([O-])N[C@@](C)(CCO)c1cccc(F)c1Cl. The predicted molar refractivity (Wildman–Crippen MR) is 81.5 cm³/mol. The van der Waals surface area contributed by atoms with Gasteiger partial charge >= 0.3 is 0 Å². The summed E-state index contributed by atoms with van der Waals surface area (Å²) < 4.78 is 28.4. The fraction of sp³-hybridized carbons (Fsp3) is 0.571. The lowest BCUT2D eigenvalue weighted by molar-refractivity contribution is 0.237. The zero-order valence-corrected chi connectivity index (χ0v) is 13.7. The molecule has 0 aliphatic heterocycles. The first-order valence-corrected chi connectivity index (χ1v) is 7.89. The molecule has 114 valence electrons. The summed E-state index contributed by atoms with van der Waals surface area (Å²) in [6.45, 7) is 7.14. The van der Waals surface area contributed by atoms with Crippen LogP contribution in [0.2, 0.25) is 5.02 Å². The molecule has 0 unspecified atom stereocenters. The van der Waals surface area contributed by atoms with E-state index in [4.69, 9.17) is 11.6 Å². The molecule has 1 aromatic rings. The first-order chi connectivity index (χ1) is 9.12. The average molecular weight is 322 g/mol. The van der Waals surface area contributed by atoms with E-state index in [1.165, 1.54) is 6.07 Å². The van der Waals surface area contributed by atoms with E-state index >= 15 is 0 Å². The number of nitrogens with one attached hydrogen (secondary N) is 1.